The van der Waals surface area contributed by atoms with Gasteiger partial charge in [-0.3, -0.25) is 20.0 Å². The van der Waals surface area contributed by atoms with Gasteiger partial charge in [-0.2, -0.15) is 0 Å². The molecule has 0 unspecified atom stereocenters. The lowest BCUT2D eigenvalue weighted by atomic mass is 9.95. The fourth-order valence-electron chi connectivity index (χ4n) is 3.89. The molecule has 1 N–H and O–H groups in total. The summed E-state index contributed by atoms with van der Waals surface area (Å²) < 4.78 is 0.951. The summed E-state index contributed by atoms with van der Waals surface area (Å²) in [6.45, 7) is 4.80. The van der Waals surface area contributed by atoms with Gasteiger partial charge in [0.15, 0.2) is 5.13 Å². The first-order valence-corrected chi connectivity index (χ1v) is 10.8. The molecule has 0 bridgehead atoms. The highest BCUT2D eigenvalue weighted by Gasteiger charge is 2.25. The molecule has 0 spiro atoms. The van der Waals surface area contributed by atoms with Crippen LogP contribution in [0.5, 0.6) is 0 Å². The van der Waals surface area contributed by atoms with E-state index in [0.29, 0.717) is 15.7 Å². The number of carbonyl (C=O) groups excluding carboxylic acids is 1. The lowest BCUT2D eigenvalue weighted by molar-refractivity contribution is 0.102. The zero-order valence-corrected chi connectivity index (χ0v) is 17.5. The normalized spacial score (nSPS) is 14.3. The van der Waals surface area contributed by atoms with Crippen molar-refractivity contribution in [3.8, 4) is 0 Å². The maximum atomic E-state index is 13.4. The maximum Gasteiger partial charge on any atom is 0.258 e. The Balaban J connectivity index is 1.59. The molecule has 0 saturated carbocycles. The van der Waals surface area contributed by atoms with Crippen molar-refractivity contribution in [1.82, 2.24) is 14.9 Å². The standard InChI is InChI=1S/C22H19ClN4OS/c1-2-27-10-9-17-15(12-27)20(14-5-3-4-6-16(14)24-17)21(28)26-22-25-18-8-7-13(23)11-19(18)29-22/h3-8,11H,2,9-10,12H2,1H3,(H,25,26,28). The summed E-state index contributed by atoms with van der Waals surface area (Å²) in [6.07, 6.45) is 0.855. The van der Waals surface area contributed by atoms with E-state index in [1.807, 2.05) is 36.4 Å². The summed E-state index contributed by atoms with van der Waals surface area (Å²) in [5, 5.41) is 5.14. The van der Waals surface area contributed by atoms with Crippen LogP contribution in [-0.4, -0.2) is 33.9 Å². The molecule has 0 radical (unpaired) electrons. The second-order valence-corrected chi connectivity index (χ2v) is 8.60. The van der Waals surface area contributed by atoms with E-state index in [1.54, 1.807) is 6.07 Å². The summed E-state index contributed by atoms with van der Waals surface area (Å²) in [4.78, 5) is 25.2. The van der Waals surface area contributed by atoms with Crippen LogP contribution in [0.3, 0.4) is 0 Å². The van der Waals surface area contributed by atoms with E-state index in [0.717, 1.165) is 58.4 Å². The Kier molecular flexibility index (Phi) is 4.70. The molecule has 0 aliphatic carbocycles. The second kappa shape index (κ2) is 7.37. The third kappa shape index (κ3) is 3.37. The Morgan fingerprint density at radius 2 is 2.07 bits per heavy atom. The van der Waals surface area contributed by atoms with Crippen molar-refractivity contribution in [1.29, 1.82) is 0 Å². The summed E-state index contributed by atoms with van der Waals surface area (Å²) in [5.74, 6) is -0.136. The van der Waals surface area contributed by atoms with E-state index in [4.69, 9.17) is 16.6 Å². The van der Waals surface area contributed by atoms with Crippen LogP contribution in [0.1, 0.15) is 28.5 Å². The molecule has 5 nitrogen and oxygen atoms in total. The van der Waals surface area contributed by atoms with Crippen molar-refractivity contribution in [3.63, 3.8) is 0 Å². The number of aromatic nitrogens is 2. The van der Waals surface area contributed by atoms with Gasteiger partial charge >= 0.3 is 0 Å². The van der Waals surface area contributed by atoms with E-state index < -0.39 is 0 Å². The number of nitrogens with one attached hydrogen (secondary N) is 1. The van der Waals surface area contributed by atoms with Gasteiger partial charge in [0.1, 0.15) is 0 Å². The average Bonchev–Trinajstić information content (AvgIpc) is 3.12. The molecule has 0 fully saturated rings. The van der Waals surface area contributed by atoms with Crippen molar-refractivity contribution < 1.29 is 4.79 Å². The lowest BCUT2D eigenvalue weighted by Crippen LogP contribution is -2.33. The fourth-order valence-corrected chi connectivity index (χ4v) is 5.02. The monoisotopic (exact) mass is 422 g/mol. The summed E-state index contributed by atoms with van der Waals surface area (Å²) in [5.41, 5.74) is 4.44. The fraction of sp³-hybridized carbons (Fsp3) is 0.227. The highest BCUT2D eigenvalue weighted by atomic mass is 35.5. The molecule has 3 heterocycles. The molecule has 4 aromatic rings. The number of likely N-dealkylation sites (N-methyl/N-ethyl adjacent to an activating group) is 1. The van der Waals surface area contributed by atoms with Crippen molar-refractivity contribution in [2.75, 3.05) is 18.4 Å². The Bertz CT molecular complexity index is 1250. The number of thiazole rings is 1. The van der Waals surface area contributed by atoms with Gasteiger partial charge in [-0.15, -0.1) is 0 Å². The number of rotatable bonds is 3. The number of benzene rings is 2. The quantitative estimate of drug-likeness (QED) is 0.497. The minimum atomic E-state index is -0.136. The minimum absolute atomic E-state index is 0.136. The van der Waals surface area contributed by atoms with E-state index in [1.165, 1.54) is 11.3 Å². The average molecular weight is 423 g/mol. The highest BCUT2D eigenvalue weighted by Crippen LogP contribution is 2.31. The number of fused-ring (bicyclic) bond motifs is 3. The number of pyridine rings is 1. The van der Waals surface area contributed by atoms with Crippen LogP contribution in [0.2, 0.25) is 5.02 Å². The third-order valence-electron chi connectivity index (χ3n) is 5.37. The van der Waals surface area contributed by atoms with Crippen molar-refractivity contribution in [2.24, 2.45) is 0 Å². The van der Waals surface area contributed by atoms with Crippen LogP contribution < -0.4 is 5.32 Å². The number of hydrogen-bond acceptors (Lipinski definition) is 5. The van der Waals surface area contributed by atoms with Crippen LogP contribution in [0.4, 0.5) is 5.13 Å². The Morgan fingerprint density at radius 1 is 1.21 bits per heavy atom. The number of carbonyl (C=O) groups is 1. The molecular weight excluding hydrogens is 404 g/mol. The topological polar surface area (TPSA) is 58.1 Å². The summed E-state index contributed by atoms with van der Waals surface area (Å²) >= 11 is 7.51. The predicted octanol–water partition coefficient (Wildman–Crippen LogP) is 5.13. The lowest BCUT2D eigenvalue weighted by Gasteiger charge is -2.29. The molecule has 2 aromatic carbocycles. The number of halogens is 1. The molecular formula is C22H19ClN4OS. The molecule has 146 valence electrons. The first kappa shape index (κ1) is 18.5. The molecule has 1 aliphatic rings. The van der Waals surface area contributed by atoms with Gasteiger partial charge < -0.3 is 0 Å². The van der Waals surface area contributed by atoms with Crippen molar-refractivity contribution in [2.45, 2.75) is 19.9 Å². The van der Waals surface area contributed by atoms with Gasteiger partial charge in [0.05, 0.1) is 21.3 Å². The molecule has 0 atom stereocenters. The predicted molar refractivity (Wildman–Crippen MR) is 119 cm³/mol. The number of anilines is 1. The van der Waals surface area contributed by atoms with Crippen LogP contribution in [-0.2, 0) is 13.0 Å². The SMILES string of the molecule is CCN1CCc2nc3ccccc3c(C(=O)Nc3nc4ccc(Cl)cc4s3)c2C1. The van der Waals surface area contributed by atoms with E-state index in [-0.39, 0.29) is 5.91 Å². The van der Waals surface area contributed by atoms with E-state index in [9.17, 15) is 4.79 Å². The van der Waals surface area contributed by atoms with Crippen LogP contribution in [0.15, 0.2) is 42.5 Å². The minimum Gasteiger partial charge on any atom is -0.299 e. The van der Waals surface area contributed by atoms with Gasteiger partial charge in [0, 0.05) is 41.2 Å². The summed E-state index contributed by atoms with van der Waals surface area (Å²) in [7, 11) is 0. The first-order valence-electron chi connectivity index (χ1n) is 9.62. The highest BCUT2D eigenvalue weighted by molar-refractivity contribution is 7.22. The smallest absolute Gasteiger partial charge is 0.258 e. The maximum absolute atomic E-state index is 13.4. The number of para-hydroxylation sites is 1. The van der Waals surface area contributed by atoms with Crippen LogP contribution >= 0.6 is 22.9 Å². The van der Waals surface area contributed by atoms with Gasteiger partial charge in [-0.05, 0) is 30.8 Å². The van der Waals surface area contributed by atoms with Crippen molar-refractivity contribution >= 4 is 55.1 Å². The molecule has 29 heavy (non-hydrogen) atoms. The number of nitrogens with zero attached hydrogens (tertiary/aromatic N) is 3. The molecule has 7 heteroatoms. The molecule has 0 saturated heterocycles. The van der Waals surface area contributed by atoms with Crippen molar-refractivity contribution in [3.05, 3.63) is 64.3 Å². The second-order valence-electron chi connectivity index (χ2n) is 7.13. The van der Waals surface area contributed by atoms with Gasteiger partial charge in [-0.25, -0.2) is 4.98 Å². The molecule has 1 aliphatic heterocycles. The summed E-state index contributed by atoms with van der Waals surface area (Å²) in [6, 6.07) is 13.4. The molecule has 2 aromatic heterocycles. The zero-order valence-electron chi connectivity index (χ0n) is 15.9. The zero-order chi connectivity index (χ0) is 20.0. The Morgan fingerprint density at radius 3 is 2.93 bits per heavy atom. The van der Waals surface area contributed by atoms with E-state index in [2.05, 4.69) is 22.1 Å². The van der Waals surface area contributed by atoms with Gasteiger partial charge in [0.25, 0.3) is 5.91 Å². The van der Waals surface area contributed by atoms with Gasteiger partial charge in [-0.1, -0.05) is 48.1 Å². The Hall–Kier alpha value is -2.54. The number of hydrogen-bond donors (Lipinski definition) is 1. The Labute approximate surface area is 177 Å². The van der Waals surface area contributed by atoms with E-state index >= 15 is 0 Å². The van der Waals surface area contributed by atoms with Crippen LogP contribution in [0, 0.1) is 0 Å². The third-order valence-corrected chi connectivity index (χ3v) is 6.54. The first-order chi connectivity index (χ1) is 14.1. The number of amides is 1. The molecule has 1 amide bonds. The largest absolute Gasteiger partial charge is 0.299 e. The van der Waals surface area contributed by atoms with Gasteiger partial charge in [0.2, 0.25) is 0 Å². The molecule has 5 rings (SSSR count). The van der Waals surface area contributed by atoms with Crippen LogP contribution in [0.25, 0.3) is 21.1 Å².